The van der Waals surface area contributed by atoms with Crippen LogP contribution in [0.25, 0.3) is 0 Å². The van der Waals surface area contributed by atoms with Gasteiger partial charge in [0.15, 0.2) is 11.5 Å². The van der Waals surface area contributed by atoms with Crippen LogP contribution in [0.2, 0.25) is 0 Å². The van der Waals surface area contributed by atoms with Crippen molar-refractivity contribution in [3.05, 3.63) is 59.7 Å². The lowest BCUT2D eigenvalue weighted by atomic mass is 9.77. The maximum atomic E-state index is 10.2. The molecule has 0 amide bonds. The fraction of sp³-hybridized carbons (Fsp3) is 0.417. The number of fused-ring (bicyclic) bond motifs is 3. The number of hydrogen-bond donors (Lipinski definition) is 2. The minimum atomic E-state index is 0.137. The second-order valence-corrected chi connectivity index (χ2v) is 8.10. The Hall–Kier alpha value is -2.66. The monoisotopic (exact) mass is 393 g/mol. The maximum absolute atomic E-state index is 10.2. The van der Waals surface area contributed by atoms with Crippen molar-refractivity contribution in [1.82, 2.24) is 0 Å². The molecule has 0 saturated carbocycles. The molecule has 4 atom stereocenters. The number of anilines is 1. The minimum absolute atomic E-state index is 0.137. The fourth-order valence-electron chi connectivity index (χ4n) is 4.86. The summed E-state index contributed by atoms with van der Waals surface area (Å²) < 4.78 is 16.9. The SMILES string of the molecule is COc1ccc(C2Nc3ccc(OCC4CCCO4)cc3C3C=CCC32)cc1O. The molecule has 2 N–H and O–H groups in total. The zero-order chi connectivity index (χ0) is 19.8. The highest BCUT2D eigenvalue weighted by Crippen LogP contribution is 2.51. The molecule has 2 aromatic carbocycles. The Balaban J connectivity index is 1.40. The normalized spacial score (nSPS) is 27.2. The van der Waals surface area contributed by atoms with E-state index < -0.39 is 0 Å². The Morgan fingerprint density at radius 1 is 1.21 bits per heavy atom. The summed E-state index contributed by atoms with van der Waals surface area (Å²) in [5.74, 6) is 2.33. The molecule has 2 heterocycles. The van der Waals surface area contributed by atoms with Crippen molar-refractivity contribution in [1.29, 1.82) is 0 Å². The molecule has 5 rings (SSSR count). The van der Waals surface area contributed by atoms with Crippen LogP contribution in [0, 0.1) is 5.92 Å². The Labute approximate surface area is 171 Å². The van der Waals surface area contributed by atoms with Gasteiger partial charge in [0.2, 0.25) is 0 Å². The van der Waals surface area contributed by atoms with Crippen molar-refractivity contribution in [2.24, 2.45) is 5.92 Å². The van der Waals surface area contributed by atoms with Crippen LogP contribution in [0.15, 0.2) is 48.6 Å². The third-order valence-electron chi connectivity index (χ3n) is 6.36. The van der Waals surface area contributed by atoms with E-state index in [9.17, 15) is 5.11 Å². The topological polar surface area (TPSA) is 60.0 Å². The van der Waals surface area contributed by atoms with E-state index in [-0.39, 0.29) is 17.9 Å². The second-order valence-electron chi connectivity index (χ2n) is 8.10. The van der Waals surface area contributed by atoms with Crippen LogP contribution in [-0.4, -0.2) is 31.5 Å². The smallest absolute Gasteiger partial charge is 0.160 e. The first-order valence-corrected chi connectivity index (χ1v) is 10.4. The number of aromatic hydroxyl groups is 1. The van der Waals surface area contributed by atoms with Gasteiger partial charge in [-0.3, -0.25) is 0 Å². The molecule has 0 bridgehead atoms. The summed E-state index contributed by atoms with van der Waals surface area (Å²) in [7, 11) is 1.57. The van der Waals surface area contributed by atoms with Crippen LogP contribution in [0.4, 0.5) is 5.69 Å². The predicted octanol–water partition coefficient (Wildman–Crippen LogP) is 4.79. The quantitative estimate of drug-likeness (QED) is 0.716. The first kappa shape index (κ1) is 18.4. The molecule has 2 aliphatic heterocycles. The molecule has 1 saturated heterocycles. The average Bonchev–Trinajstić information content (AvgIpc) is 3.43. The van der Waals surface area contributed by atoms with E-state index in [2.05, 4.69) is 29.6 Å². The maximum Gasteiger partial charge on any atom is 0.160 e. The number of benzene rings is 2. The van der Waals surface area contributed by atoms with Crippen LogP contribution in [0.3, 0.4) is 0 Å². The van der Waals surface area contributed by atoms with Crippen molar-refractivity contribution >= 4 is 5.69 Å². The summed E-state index contributed by atoms with van der Waals surface area (Å²) in [5.41, 5.74) is 3.48. The molecule has 0 spiro atoms. The Bertz CT molecular complexity index is 919. The highest BCUT2D eigenvalue weighted by Gasteiger charge is 2.38. The molecule has 4 unspecified atom stereocenters. The molecule has 0 aromatic heterocycles. The standard InChI is InChI=1S/C24H27NO4/c1-27-23-10-7-15(12-22(23)26)24-19-6-2-5-18(19)20-13-16(8-9-21(20)25-24)29-14-17-4-3-11-28-17/h2,5,7-10,12-13,17-19,24-26H,3-4,6,11,14H2,1H3. The van der Waals surface area contributed by atoms with Gasteiger partial charge in [0.25, 0.3) is 0 Å². The van der Waals surface area contributed by atoms with Crippen LogP contribution in [-0.2, 0) is 4.74 Å². The van der Waals surface area contributed by atoms with E-state index in [1.165, 1.54) is 5.56 Å². The number of nitrogens with one attached hydrogen (secondary N) is 1. The summed E-state index contributed by atoms with van der Waals surface area (Å²) >= 11 is 0. The van der Waals surface area contributed by atoms with E-state index in [1.54, 1.807) is 7.11 Å². The first-order chi connectivity index (χ1) is 14.2. The van der Waals surface area contributed by atoms with Gasteiger partial charge in [-0.15, -0.1) is 0 Å². The van der Waals surface area contributed by atoms with E-state index >= 15 is 0 Å². The molecule has 1 aliphatic carbocycles. The highest BCUT2D eigenvalue weighted by atomic mass is 16.5. The molecule has 5 nitrogen and oxygen atoms in total. The number of hydrogen-bond acceptors (Lipinski definition) is 5. The van der Waals surface area contributed by atoms with Crippen LogP contribution in [0.1, 0.15) is 42.3 Å². The second kappa shape index (κ2) is 7.64. The van der Waals surface area contributed by atoms with E-state index in [0.717, 1.165) is 42.9 Å². The lowest BCUT2D eigenvalue weighted by molar-refractivity contribution is 0.0679. The summed E-state index contributed by atoms with van der Waals surface area (Å²) in [6.07, 6.45) is 8.01. The van der Waals surface area contributed by atoms with Gasteiger partial charge in [-0.1, -0.05) is 18.2 Å². The summed E-state index contributed by atoms with van der Waals surface area (Å²) in [4.78, 5) is 0. The summed E-state index contributed by atoms with van der Waals surface area (Å²) in [5, 5.41) is 13.9. The van der Waals surface area contributed by atoms with E-state index in [1.807, 2.05) is 24.3 Å². The van der Waals surface area contributed by atoms with E-state index in [0.29, 0.717) is 24.2 Å². The van der Waals surface area contributed by atoms with Gasteiger partial charge >= 0.3 is 0 Å². The molecule has 5 heteroatoms. The van der Waals surface area contributed by atoms with E-state index in [4.69, 9.17) is 14.2 Å². The molecule has 1 fully saturated rings. The van der Waals surface area contributed by atoms with Crippen LogP contribution < -0.4 is 14.8 Å². The molecule has 0 radical (unpaired) electrons. The number of phenolic OH excluding ortho intramolecular Hbond substituents is 1. The predicted molar refractivity (Wildman–Crippen MR) is 112 cm³/mol. The third-order valence-corrected chi connectivity index (χ3v) is 6.36. The average molecular weight is 393 g/mol. The molecule has 3 aliphatic rings. The van der Waals surface area contributed by atoms with Crippen LogP contribution in [0.5, 0.6) is 17.2 Å². The van der Waals surface area contributed by atoms with Crippen LogP contribution >= 0.6 is 0 Å². The Morgan fingerprint density at radius 2 is 2.14 bits per heavy atom. The van der Waals surface area contributed by atoms with Gasteiger partial charge in [0, 0.05) is 18.2 Å². The van der Waals surface area contributed by atoms with Crippen molar-refractivity contribution in [3.8, 4) is 17.2 Å². The van der Waals surface area contributed by atoms with Gasteiger partial charge in [-0.2, -0.15) is 0 Å². The largest absolute Gasteiger partial charge is 0.504 e. The zero-order valence-corrected chi connectivity index (χ0v) is 16.6. The molecule has 2 aromatic rings. The van der Waals surface area contributed by atoms with Gasteiger partial charge in [-0.05, 0) is 66.6 Å². The first-order valence-electron chi connectivity index (χ1n) is 10.4. The number of phenols is 1. The molecule has 152 valence electrons. The lowest BCUT2D eigenvalue weighted by Gasteiger charge is -2.37. The Kier molecular flexibility index (Phi) is 4.84. The van der Waals surface area contributed by atoms with Crippen molar-refractivity contribution in [3.63, 3.8) is 0 Å². The summed E-state index contributed by atoms with van der Waals surface area (Å²) in [6.45, 7) is 1.46. The van der Waals surface area contributed by atoms with Crippen molar-refractivity contribution in [2.75, 3.05) is 25.6 Å². The lowest BCUT2D eigenvalue weighted by Crippen LogP contribution is -2.29. The van der Waals surface area contributed by atoms with Gasteiger partial charge in [-0.25, -0.2) is 0 Å². The third kappa shape index (κ3) is 3.44. The Morgan fingerprint density at radius 3 is 2.93 bits per heavy atom. The minimum Gasteiger partial charge on any atom is -0.504 e. The fourth-order valence-corrected chi connectivity index (χ4v) is 4.86. The van der Waals surface area contributed by atoms with Crippen molar-refractivity contribution in [2.45, 2.75) is 37.3 Å². The molecular weight excluding hydrogens is 366 g/mol. The number of methoxy groups -OCH3 is 1. The highest BCUT2D eigenvalue weighted by molar-refractivity contribution is 5.62. The summed E-state index contributed by atoms with van der Waals surface area (Å²) in [6, 6.07) is 12.1. The van der Waals surface area contributed by atoms with Gasteiger partial charge in [0.05, 0.1) is 19.3 Å². The zero-order valence-electron chi connectivity index (χ0n) is 16.6. The van der Waals surface area contributed by atoms with Gasteiger partial charge < -0.3 is 24.6 Å². The number of ether oxygens (including phenoxy) is 3. The van der Waals surface area contributed by atoms with Gasteiger partial charge in [0.1, 0.15) is 12.4 Å². The van der Waals surface area contributed by atoms with Crippen molar-refractivity contribution < 1.29 is 19.3 Å². The number of rotatable bonds is 5. The number of allylic oxidation sites excluding steroid dienone is 2. The molecule has 29 heavy (non-hydrogen) atoms. The molecular formula is C24H27NO4.